The van der Waals surface area contributed by atoms with Crippen molar-refractivity contribution in [2.45, 2.75) is 25.8 Å². The zero-order chi connectivity index (χ0) is 14.3. The molecule has 1 aliphatic heterocycles. The van der Waals surface area contributed by atoms with Crippen molar-refractivity contribution in [1.29, 1.82) is 0 Å². The molecule has 1 atom stereocenters. The van der Waals surface area contributed by atoms with Crippen molar-refractivity contribution in [2.24, 2.45) is 5.73 Å². The van der Waals surface area contributed by atoms with Gasteiger partial charge < -0.3 is 15.1 Å². The average molecular weight is 270 g/mol. The highest BCUT2D eigenvalue weighted by molar-refractivity contribution is 6.00. The lowest BCUT2D eigenvalue weighted by molar-refractivity contribution is -0.117. The summed E-state index contributed by atoms with van der Waals surface area (Å²) in [6.07, 6.45) is 2.96. The molecule has 0 radical (unpaired) electrons. The van der Waals surface area contributed by atoms with E-state index in [-0.39, 0.29) is 11.9 Å². The number of nitrogens with two attached hydrogens (primary N) is 1. The Bertz CT molecular complexity index is 660. The van der Waals surface area contributed by atoms with Gasteiger partial charge >= 0.3 is 0 Å². The van der Waals surface area contributed by atoms with Gasteiger partial charge in [-0.25, -0.2) is 0 Å². The summed E-state index contributed by atoms with van der Waals surface area (Å²) >= 11 is 0. The maximum absolute atomic E-state index is 11.7. The number of likely N-dealkylation sites (N-methyl/N-ethyl adjacent to an activating group) is 1. The molecule has 1 aromatic heterocycles. The molecule has 104 valence electrons. The molecule has 1 aromatic carbocycles. The molecule has 0 aliphatic carbocycles. The van der Waals surface area contributed by atoms with Crippen molar-refractivity contribution in [3.63, 3.8) is 0 Å². The molecular weight excluding hydrogens is 252 g/mol. The molecule has 1 unspecified atom stereocenters. The highest BCUT2D eigenvalue weighted by atomic mass is 16.3. The van der Waals surface area contributed by atoms with E-state index in [2.05, 4.69) is 0 Å². The second-order valence-corrected chi connectivity index (χ2v) is 5.15. The number of nitrogens with zero attached hydrogens (tertiary/aromatic N) is 1. The summed E-state index contributed by atoms with van der Waals surface area (Å²) in [5, 5.41) is 0. The zero-order valence-corrected chi connectivity index (χ0v) is 11.7. The minimum atomic E-state index is -0.213. The van der Waals surface area contributed by atoms with E-state index in [1.54, 1.807) is 18.2 Å². The van der Waals surface area contributed by atoms with Crippen LogP contribution in [0.3, 0.4) is 0 Å². The lowest BCUT2D eigenvalue weighted by atomic mass is 9.97. The summed E-state index contributed by atoms with van der Waals surface area (Å²) in [6, 6.07) is 7.71. The zero-order valence-electron chi connectivity index (χ0n) is 11.7. The third kappa shape index (κ3) is 1.93. The Morgan fingerprint density at radius 3 is 2.95 bits per heavy atom. The summed E-state index contributed by atoms with van der Waals surface area (Å²) < 4.78 is 5.44. The molecule has 4 heteroatoms. The fraction of sp³-hybridized carbons (Fsp3) is 0.312. The lowest BCUT2D eigenvalue weighted by Crippen LogP contribution is -2.20. The molecule has 0 saturated heterocycles. The van der Waals surface area contributed by atoms with E-state index < -0.39 is 0 Å². The number of anilines is 1. The Morgan fingerprint density at radius 1 is 1.40 bits per heavy atom. The third-order valence-corrected chi connectivity index (χ3v) is 3.98. The van der Waals surface area contributed by atoms with E-state index in [0.717, 1.165) is 34.6 Å². The van der Waals surface area contributed by atoms with Gasteiger partial charge in [-0.05, 0) is 23.3 Å². The maximum atomic E-state index is 11.7. The molecule has 4 nitrogen and oxygen atoms in total. The SMILES string of the molecule is CCc1occc1C(N)c1ccc2c(c1)CC(=O)N2C. The summed E-state index contributed by atoms with van der Waals surface area (Å²) in [4.78, 5) is 13.4. The summed E-state index contributed by atoms with van der Waals surface area (Å²) in [6.45, 7) is 2.05. The van der Waals surface area contributed by atoms with Crippen LogP contribution in [0.1, 0.15) is 35.4 Å². The Hall–Kier alpha value is -2.07. The van der Waals surface area contributed by atoms with E-state index in [4.69, 9.17) is 10.2 Å². The summed E-state index contributed by atoms with van der Waals surface area (Å²) in [5.41, 5.74) is 10.4. The number of amides is 1. The smallest absolute Gasteiger partial charge is 0.231 e. The van der Waals surface area contributed by atoms with Gasteiger partial charge in [0.25, 0.3) is 0 Å². The molecule has 2 N–H and O–H groups in total. The van der Waals surface area contributed by atoms with Gasteiger partial charge in [0.15, 0.2) is 0 Å². The number of hydrogen-bond acceptors (Lipinski definition) is 3. The number of carbonyl (C=O) groups excluding carboxylic acids is 1. The molecule has 20 heavy (non-hydrogen) atoms. The average Bonchev–Trinajstić information content (AvgIpc) is 3.03. The van der Waals surface area contributed by atoms with Gasteiger partial charge in [-0.2, -0.15) is 0 Å². The molecule has 1 aliphatic rings. The van der Waals surface area contributed by atoms with E-state index in [1.165, 1.54) is 0 Å². The van der Waals surface area contributed by atoms with E-state index >= 15 is 0 Å². The van der Waals surface area contributed by atoms with E-state index in [9.17, 15) is 4.79 Å². The van der Waals surface area contributed by atoms with Crippen LogP contribution in [0.25, 0.3) is 0 Å². The normalized spacial score (nSPS) is 15.6. The van der Waals surface area contributed by atoms with Crippen molar-refractivity contribution in [3.8, 4) is 0 Å². The second kappa shape index (κ2) is 4.80. The first kappa shape index (κ1) is 12.9. The summed E-state index contributed by atoms with van der Waals surface area (Å²) in [7, 11) is 1.80. The molecule has 2 aromatic rings. The van der Waals surface area contributed by atoms with Crippen molar-refractivity contribution in [2.75, 3.05) is 11.9 Å². The van der Waals surface area contributed by atoms with Crippen LogP contribution in [-0.2, 0) is 17.6 Å². The molecular formula is C16H18N2O2. The van der Waals surface area contributed by atoms with Crippen LogP contribution < -0.4 is 10.6 Å². The van der Waals surface area contributed by atoms with Crippen molar-refractivity contribution >= 4 is 11.6 Å². The Morgan fingerprint density at radius 2 is 2.20 bits per heavy atom. The number of rotatable bonds is 3. The lowest BCUT2D eigenvalue weighted by Gasteiger charge is -2.15. The van der Waals surface area contributed by atoms with Crippen LogP contribution in [0.2, 0.25) is 0 Å². The minimum absolute atomic E-state index is 0.128. The van der Waals surface area contributed by atoms with Gasteiger partial charge in [-0.3, -0.25) is 4.79 Å². The van der Waals surface area contributed by atoms with Gasteiger partial charge in [0.05, 0.1) is 18.7 Å². The second-order valence-electron chi connectivity index (χ2n) is 5.15. The molecule has 0 bridgehead atoms. The third-order valence-electron chi connectivity index (χ3n) is 3.98. The number of carbonyl (C=O) groups is 1. The Labute approximate surface area is 118 Å². The molecule has 0 spiro atoms. The monoisotopic (exact) mass is 270 g/mol. The Kier molecular flexibility index (Phi) is 3.10. The summed E-state index contributed by atoms with van der Waals surface area (Å²) in [5.74, 6) is 1.05. The van der Waals surface area contributed by atoms with Gasteiger partial charge in [0.2, 0.25) is 5.91 Å². The molecule has 1 amide bonds. The first-order chi connectivity index (χ1) is 9.61. The first-order valence-electron chi connectivity index (χ1n) is 6.83. The van der Waals surface area contributed by atoms with Crippen molar-refractivity contribution in [1.82, 2.24) is 0 Å². The standard InChI is InChI=1S/C16H18N2O2/c1-3-14-12(6-7-20-14)16(17)10-4-5-13-11(8-10)9-15(19)18(13)2/h4-8,16H,3,9,17H2,1-2H3. The number of hydrogen-bond donors (Lipinski definition) is 1. The van der Waals surface area contributed by atoms with Crippen molar-refractivity contribution < 1.29 is 9.21 Å². The minimum Gasteiger partial charge on any atom is -0.469 e. The van der Waals surface area contributed by atoms with E-state index in [1.807, 2.05) is 31.2 Å². The van der Waals surface area contributed by atoms with Crippen LogP contribution in [0.4, 0.5) is 5.69 Å². The van der Waals surface area contributed by atoms with Crippen LogP contribution >= 0.6 is 0 Å². The molecule has 3 rings (SSSR count). The predicted molar refractivity (Wildman–Crippen MR) is 77.7 cm³/mol. The number of aryl methyl sites for hydroxylation is 1. The highest BCUT2D eigenvalue weighted by Crippen LogP contribution is 2.32. The predicted octanol–water partition coefficient (Wildman–Crippen LogP) is 2.41. The topological polar surface area (TPSA) is 59.5 Å². The van der Waals surface area contributed by atoms with Crippen LogP contribution in [0.15, 0.2) is 34.9 Å². The highest BCUT2D eigenvalue weighted by Gasteiger charge is 2.25. The van der Waals surface area contributed by atoms with Gasteiger partial charge in [0.1, 0.15) is 5.76 Å². The van der Waals surface area contributed by atoms with E-state index in [0.29, 0.717) is 6.42 Å². The molecule has 0 saturated carbocycles. The molecule has 0 fully saturated rings. The largest absolute Gasteiger partial charge is 0.469 e. The Balaban J connectivity index is 1.96. The van der Waals surface area contributed by atoms with Crippen LogP contribution in [0.5, 0.6) is 0 Å². The van der Waals surface area contributed by atoms with Crippen molar-refractivity contribution in [3.05, 3.63) is 53.0 Å². The van der Waals surface area contributed by atoms with Gasteiger partial charge in [-0.1, -0.05) is 19.1 Å². The van der Waals surface area contributed by atoms with Gasteiger partial charge in [0, 0.05) is 24.7 Å². The fourth-order valence-corrected chi connectivity index (χ4v) is 2.78. The maximum Gasteiger partial charge on any atom is 0.231 e. The van der Waals surface area contributed by atoms with Gasteiger partial charge in [-0.15, -0.1) is 0 Å². The van der Waals surface area contributed by atoms with Crippen LogP contribution in [-0.4, -0.2) is 13.0 Å². The molecule has 2 heterocycles. The fourth-order valence-electron chi connectivity index (χ4n) is 2.78. The number of fused-ring (bicyclic) bond motifs is 1. The quantitative estimate of drug-likeness (QED) is 0.931. The van der Waals surface area contributed by atoms with Crippen LogP contribution in [0, 0.1) is 0 Å². The number of benzene rings is 1. The number of furan rings is 1. The first-order valence-corrected chi connectivity index (χ1v) is 6.83.